The predicted molar refractivity (Wildman–Crippen MR) is 106 cm³/mol. The Balaban J connectivity index is 0.000000612. The Morgan fingerprint density at radius 1 is 1.07 bits per heavy atom. The number of amides is 1. The Morgan fingerprint density at radius 3 is 2.07 bits per heavy atom. The highest BCUT2D eigenvalue weighted by Crippen LogP contribution is 2.28. The van der Waals surface area contributed by atoms with Gasteiger partial charge in [-0.05, 0) is 57.5 Å². The number of nitrogens with zero attached hydrogens (tertiary/aromatic N) is 1. The molecule has 1 aromatic rings. The maximum Gasteiger partial charge on any atom is 0.414 e. The molecule has 1 saturated heterocycles. The van der Waals surface area contributed by atoms with Crippen LogP contribution in [-0.2, 0) is 20.9 Å². The molecule has 162 valence electrons. The van der Waals surface area contributed by atoms with Crippen molar-refractivity contribution in [2.45, 2.75) is 39.3 Å². The van der Waals surface area contributed by atoms with Crippen LogP contribution in [0.4, 0.5) is 0 Å². The van der Waals surface area contributed by atoms with Gasteiger partial charge in [-0.25, -0.2) is 9.59 Å². The quantitative estimate of drug-likeness (QED) is 0.604. The molecule has 29 heavy (non-hydrogen) atoms. The molecule has 0 spiro atoms. The zero-order valence-corrected chi connectivity index (χ0v) is 17.3. The van der Waals surface area contributed by atoms with Crippen LogP contribution in [0.2, 0.25) is 0 Å². The standard InChI is InChI=1S/C18H28N2O3.C2H2O4/c1-13(2)19-18(21)15-7-9-20(10-8-15)12-14-5-6-16(22-3)17(11-14)23-4;3-1(4)2(5)6/h5-6,11,13,15H,7-10,12H2,1-4H3,(H,19,21);(H,3,4)(H,5,6). The molecule has 2 rings (SSSR count). The van der Waals surface area contributed by atoms with Crippen LogP contribution in [0.5, 0.6) is 11.5 Å². The summed E-state index contributed by atoms with van der Waals surface area (Å²) in [6, 6.07) is 6.25. The van der Waals surface area contributed by atoms with E-state index < -0.39 is 11.9 Å². The minimum Gasteiger partial charge on any atom is -0.493 e. The van der Waals surface area contributed by atoms with Crippen LogP contribution in [-0.4, -0.2) is 66.3 Å². The van der Waals surface area contributed by atoms with Gasteiger partial charge in [-0.2, -0.15) is 0 Å². The second-order valence-corrected chi connectivity index (χ2v) is 7.01. The van der Waals surface area contributed by atoms with Crippen molar-refractivity contribution in [2.75, 3.05) is 27.3 Å². The minimum atomic E-state index is -1.82. The largest absolute Gasteiger partial charge is 0.493 e. The van der Waals surface area contributed by atoms with Crippen molar-refractivity contribution in [2.24, 2.45) is 5.92 Å². The van der Waals surface area contributed by atoms with Crippen molar-refractivity contribution in [3.05, 3.63) is 23.8 Å². The van der Waals surface area contributed by atoms with E-state index in [9.17, 15) is 4.79 Å². The molecule has 1 aromatic carbocycles. The molecule has 1 aliphatic heterocycles. The van der Waals surface area contributed by atoms with E-state index in [2.05, 4.69) is 16.3 Å². The number of hydrogen-bond donors (Lipinski definition) is 3. The number of carbonyl (C=O) groups excluding carboxylic acids is 1. The number of carboxylic acid groups (broad SMARTS) is 2. The maximum atomic E-state index is 12.1. The first-order valence-corrected chi connectivity index (χ1v) is 9.37. The number of rotatable bonds is 6. The average molecular weight is 410 g/mol. The van der Waals surface area contributed by atoms with E-state index in [0.717, 1.165) is 44.0 Å². The smallest absolute Gasteiger partial charge is 0.414 e. The third kappa shape index (κ3) is 8.39. The molecule has 9 nitrogen and oxygen atoms in total. The lowest BCUT2D eigenvalue weighted by Crippen LogP contribution is -2.42. The van der Waals surface area contributed by atoms with Crippen LogP contribution >= 0.6 is 0 Å². The maximum absolute atomic E-state index is 12.1. The van der Waals surface area contributed by atoms with Gasteiger partial charge in [-0.15, -0.1) is 0 Å². The van der Waals surface area contributed by atoms with Gasteiger partial charge in [-0.3, -0.25) is 9.69 Å². The summed E-state index contributed by atoms with van der Waals surface area (Å²) < 4.78 is 10.6. The molecule has 9 heteroatoms. The first-order chi connectivity index (χ1) is 13.7. The fraction of sp³-hybridized carbons (Fsp3) is 0.550. The average Bonchev–Trinajstić information content (AvgIpc) is 2.68. The first-order valence-electron chi connectivity index (χ1n) is 9.37. The van der Waals surface area contributed by atoms with E-state index in [4.69, 9.17) is 29.3 Å². The number of carboxylic acids is 2. The molecule has 1 fully saturated rings. The molecule has 1 aliphatic rings. The lowest BCUT2D eigenvalue weighted by molar-refractivity contribution is -0.159. The van der Waals surface area contributed by atoms with Gasteiger partial charge in [0.05, 0.1) is 14.2 Å². The fourth-order valence-corrected chi connectivity index (χ4v) is 2.99. The number of ether oxygens (including phenoxy) is 2. The highest BCUT2D eigenvalue weighted by Gasteiger charge is 2.25. The number of nitrogens with one attached hydrogen (secondary N) is 1. The Bertz CT molecular complexity index is 686. The van der Waals surface area contributed by atoms with E-state index in [1.54, 1.807) is 14.2 Å². The highest BCUT2D eigenvalue weighted by molar-refractivity contribution is 6.27. The number of benzene rings is 1. The Morgan fingerprint density at radius 2 is 1.62 bits per heavy atom. The Hall–Kier alpha value is -2.81. The molecule has 3 N–H and O–H groups in total. The van der Waals surface area contributed by atoms with Gasteiger partial charge >= 0.3 is 11.9 Å². The number of aliphatic carboxylic acids is 2. The third-order valence-corrected chi connectivity index (χ3v) is 4.43. The Kier molecular flexibility index (Phi) is 9.94. The molecule has 0 radical (unpaired) electrons. The summed E-state index contributed by atoms with van der Waals surface area (Å²) in [5.74, 6) is -1.79. The third-order valence-electron chi connectivity index (χ3n) is 4.43. The van der Waals surface area contributed by atoms with Crippen molar-refractivity contribution in [3.8, 4) is 11.5 Å². The summed E-state index contributed by atoms with van der Waals surface area (Å²) in [5.41, 5.74) is 1.20. The van der Waals surface area contributed by atoms with Crippen LogP contribution in [0.15, 0.2) is 18.2 Å². The van der Waals surface area contributed by atoms with Crippen molar-refractivity contribution >= 4 is 17.8 Å². The van der Waals surface area contributed by atoms with Crippen molar-refractivity contribution in [1.29, 1.82) is 0 Å². The lowest BCUT2D eigenvalue weighted by atomic mass is 9.95. The van der Waals surface area contributed by atoms with E-state index in [0.29, 0.717) is 0 Å². The van der Waals surface area contributed by atoms with Gasteiger partial charge < -0.3 is 25.0 Å². The van der Waals surface area contributed by atoms with Crippen molar-refractivity contribution in [1.82, 2.24) is 10.2 Å². The van der Waals surface area contributed by atoms with Gasteiger partial charge in [0.1, 0.15) is 0 Å². The van der Waals surface area contributed by atoms with Crippen LogP contribution in [0.3, 0.4) is 0 Å². The second-order valence-electron chi connectivity index (χ2n) is 7.01. The van der Waals surface area contributed by atoms with Crippen molar-refractivity contribution < 1.29 is 34.1 Å². The first kappa shape index (κ1) is 24.2. The molecule has 0 unspecified atom stereocenters. The molecular weight excluding hydrogens is 380 g/mol. The molecular formula is C20H30N2O7. The number of likely N-dealkylation sites (tertiary alicyclic amines) is 1. The van der Waals surface area contributed by atoms with Gasteiger partial charge in [0.2, 0.25) is 5.91 Å². The van der Waals surface area contributed by atoms with Gasteiger partial charge in [-0.1, -0.05) is 6.07 Å². The Labute approximate surface area is 170 Å². The van der Waals surface area contributed by atoms with Crippen molar-refractivity contribution in [3.63, 3.8) is 0 Å². The number of hydrogen-bond acceptors (Lipinski definition) is 6. The van der Waals surface area contributed by atoms with Gasteiger partial charge in [0.25, 0.3) is 0 Å². The molecule has 0 bridgehead atoms. The molecule has 1 amide bonds. The molecule has 0 aromatic heterocycles. The summed E-state index contributed by atoms with van der Waals surface area (Å²) >= 11 is 0. The predicted octanol–water partition coefficient (Wildman–Crippen LogP) is 1.60. The number of methoxy groups -OCH3 is 2. The second kappa shape index (κ2) is 11.9. The zero-order valence-electron chi connectivity index (χ0n) is 17.3. The van der Waals surface area contributed by atoms with Gasteiger partial charge in [0.15, 0.2) is 11.5 Å². The van der Waals surface area contributed by atoms with Crippen LogP contribution in [0.1, 0.15) is 32.3 Å². The number of piperidine rings is 1. The van der Waals surface area contributed by atoms with Gasteiger partial charge in [0, 0.05) is 18.5 Å². The normalized spacial score (nSPS) is 14.5. The lowest BCUT2D eigenvalue weighted by Gasteiger charge is -2.31. The summed E-state index contributed by atoms with van der Waals surface area (Å²) in [7, 11) is 3.30. The molecule has 0 atom stereocenters. The summed E-state index contributed by atoms with van der Waals surface area (Å²) in [6.07, 6.45) is 1.84. The topological polar surface area (TPSA) is 125 Å². The fourth-order valence-electron chi connectivity index (χ4n) is 2.99. The van der Waals surface area contributed by atoms with E-state index in [1.165, 1.54) is 5.56 Å². The molecule has 0 aliphatic carbocycles. The zero-order chi connectivity index (χ0) is 22.0. The van der Waals surface area contributed by atoms with E-state index >= 15 is 0 Å². The molecule has 1 heterocycles. The summed E-state index contributed by atoms with van der Waals surface area (Å²) in [6.45, 7) is 6.78. The summed E-state index contributed by atoms with van der Waals surface area (Å²) in [5, 5.41) is 17.8. The monoisotopic (exact) mass is 410 g/mol. The number of carbonyl (C=O) groups is 3. The summed E-state index contributed by atoms with van der Waals surface area (Å²) in [4.78, 5) is 32.7. The van der Waals surface area contributed by atoms with Crippen LogP contribution in [0.25, 0.3) is 0 Å². The van der Waals surface area contributed by atoms with Crippen LogP contribution < -0.4 is 14.8 Å². The highest BCUT2D eigenvalue weighted by atomic mass is 16.5. The molecule has 0 saturated carbocycles. The SMILES string of the molecule is COc1ccc(CN2CCC(C(=O)NC(C)C)CC2)cc1OC.O=C(O)C(=O)O. The van der Waals surface area contributed by atoms with E-state index in [1.807, 2.05) is 26.0 Å². The van der Waals surface area contributed by atoms with Crippen LogP contribution in [0, 0.1) is 5.92 Å². The minimum absolute atomic E-state index is 0.152. The van der Waals surface area contributed by atoms with E-state index in [-0.39, 0.29) is 17.9 Å².